The first-order valence-corrected chi connectivity index (χ1v) is 9.44. The summed E-state index contributed by atoms with van der Waals surface area (Å²) in [6, 6.07) is 20.2. The molecule has 3 aromatic carbocycles. The van der Waals surface area contributed by atoms with Crippen LogP contribution in [0.3, 0.4) is 0 Å². The van der Waals surface area contributed by atoms with E-state index in [-0.39, 0.29) is 0 Å². The fraction of sp³-hybridized carbons (Fsp3) is 0.200. The predicted octanol–water partition coefficient (Wildman–Crippen LogP) is 7.59. The SMILES string of the molecule is C=CCCCCCc1ccc(-c2c(-c3ccccc3)ccc(F)c2F)cc1. The molecule has 0 aliphatic rings. The Labute approximate surface area is 160 Å². The molecule has 3 rings (SSSR count). The number of unbranched alkanes of at least 4 members (excludes halogenated alkanes) is 3. The van der Waals surface area contributed by atoms with E-state index in [9.17, 15) is 8.78 Å². The van der Waals surface area contributed by atoms with Crippen molar-refractivity contribution in [2.75, 3.05) is 0 Å². The number of hydrogen-bond acceptors (Lipinski definition) is 0. The number of allylic oxidation sites excluding steroid dienone is 1. The topological polar surface area (TPSA) is 0 Å². The second-order valence-corrected chi connectivity index (χ2v) is 6.73. The zero-order chi connectivity index (χ0) is 19.1. The highest BCUT2D eigenvalue weighted by Gasteiger charge is 2.16. The minimum Gasteiger partial charge on any atom is -0.204 e. The predicted molar refractivity (Wildman–Crippen MR) is 110 cm³/mol. The monoisotopic (exact) mass is 362 g/mol. The van der Waals surface area contributed by atoms with Gasteiger partial charge in [-0.3, -0.25) is 0 Å². The van der Waals surface area contributed by atoms with Crippen LogP contribution < -0.4 is 0 Å². The summed E-state index contributed by atoms with van der Waals surface area (Å²) in [5.41, 5.74) is 3.81. The maximum Gasteiger partial charge on any atom is 0.167 e. The lowest BCUT2D eigenvalue weighted by molar-refractivity contribution is 0.511. The second-order valence-electron chi connectivity index (χ2n) is 6.73. The first kappa shape index (κ1) is 19.0. The Morgan fingerprint density at radius 3 is 2.19 bits per heavy atom. The molecule has 0 saturated carbocycles. The molecule has 3 aromatic rings. The maximum atomic E-state index is 14.7. The van der Waals surface area contributed by atoms with Gasteiger partial charge in [0.2, 0.25) is 0 Å². The van der Waals surface area contributed by atoms with E-state index in [1.54, 1.807) is 6.07 Å². The van der Waals surface area contributed by atoms with Crippen LogP contribution in [0.4, 0.5) is 8.78 Å². The molecular weight excluding hydrogens is 338 g/mol. The molecule has 0 aromatic heterocycles. The van der Waals surface area contributed by atoms with Crippen molar-refractivity contribution in [2.45, 2.75) is 32.1 Å². The molecule has 0 radical (unpaired) electrons. The quantitative estimate of drug-likeness (QED) is 0.286. The van der Waals surface area contributed by atoms with E-state index >= 15 is 0 Å². The van der Waals surface area contributed by atoms with Gasteiger partial charge < -0.3 is 0 Å². The van der Waals surface area contributed by atoms with Crippen LogP contribution in [0.5, 0.6) is 0 Å². The third-order valence-electron chi connectivity index (χ3n) is 4.80. The van der Waals surface area contributed by atoms with Gasteiger partial charge in [-0.15, -0.1) is 6.58 Å². The van der Waals surface area contributed by atoms with E-state index in [2.05, 4.69) is 6.58 Å². The summed E-state index contributed by atoms with van der Waals surface area (Å²) in [6.07, 6.45) is 7.46. The summed E-state index contributed by atoms with van der Waals surface area (Å²) in [5.74, 6) is -1.62. The molecule has 0 heterocycles. The van der Waals surface area contributed by atoms with Crippen LogP contribution in [0.2, 0.25) is 0 Å². The van der Waals surface area contributed by atoms with Crippen LogP contribution in [0.1, 0.15) is 31.2 Å². The summed E-state index contributed by atoms with van der Waals surface area (Å²) < 4.78 is 28.6. The average Bonchev–Trinajstić information content (AvgIpc) is 2.71. The van der Waals surface area contributed by atoms with Crippen LogP contribution in [-0.2, 0) is 6.42 Å². The molecule has 0 amide bonds. The normalized spacial score (nSPS) is 10.7. The standard InChI is InChI=1S/C25H24F2/c1-2-3-4-5-7-10-19-13-15-21(16-14-19)24-22(17-18-23(26)25(24)27)20-11-8-6-9-12-20/h2,6,8-9,11-18H,1,3-5,7,10H2. The van der Waals surface area contributed by atoms with Gasteiger partial charge in [0.05, 0.1) is 0 Å². The lowest BCUT2D eigenvalue weighted by Gasteiger charge is -2.13. The Morgan fingerprint density at radius 2 is 1.48 bits per heavy atom. The molecule has 0 saturated heterocycles. The van der Waals surface area contributed by atoms with Crippen molar-refractivity contribution < 1.29 is 8.78 Å². The minimum absolute atomic E-state index is 0.318. The highest BCUT2D eigenvalue weighted by molar-refractivity contribution is 5.84. The Morgan fingerprint density at radius 1 is 0.741 bits per heavy atom. The second kappa shape index (κ2) is 9.27. The Bertz CT molecular complexity index is 880. The van der Waals surface area contributed by atoms with Crippen molar-refractivity contribution >= 4 is 0 Å². The molecule has 0 nitrogen and oxygen atoms in total. The number of hydrogen-bond donors (Lipinski definition) is 0. The van der Waals surface area contributed by atoms with Gasteiger partial charge in [0.15, 0.2) is 11.6 Å². The van der Waals surface area contributed by atoms with Gasteiger partial charge in [-0.25, -0.2) is 8.78 Å². The Balaban J connectivity index is 1.85. The van der Waals surface area contributed by atoms with Crippen LogP contribution in [0, 0.1) is 11.6 Å². The van der Waals surface area contributed by atoms with Gasteiger partial charge in [-0.05, 0) is 54.0 Å². The molecule has 0 fully saturated rings. The number of aryl methyl sites for hydroxylation is 1. The van der Waals surface area contributed by atoms with Crippen molar-refractivity contribution in [2.24, 2.45) is 0 Å². The van der Waals surface area contributed by atoms with Crippen molar-refractivity contribution in [1.82, 2.24) is 0 Å². The molecule has 0 N–H and O–H groups in total. The molecule has 2 heteroatoms. The molecular formula is C25H24F2. The summed E-state index contributed by atoms with van der Waals surface area (Å²) in [6.45, 7) is 3.74. The van der Waals surface area contributed by atoms with Crippen LogP contribution in [-0.4, -0.2) is 0 Å². The van der Waals surface area contributed by atoms with Crippen molar-refractivity contribution in [3.63, 3.8) is 0 Å². The lowest BCUT2D eigenvalue weighted by Crippen LogP contribution is -1.94. The van der Waals surface area contributed by atoms with E-state index in [4.69, 9.17) is 0 Å². The van der Waals surface area contributed by atoms with Gasteiger partial charge in [0.1, 0.15) is 0 Å². The molecule has 0 unspecified atom stereocenters. The van der Waals surface area contributed by atoms with Crippen LogP contribution in [0.25, 0.3) is 22.3 Å². The summed E-state index contributed by atoms with van der Waals surface area (Å²) >= 11 is 0. The van der Waals surface area contributed by atoms with E-state index in [0.717, 1.165) is 31.2 Å². The van der Waals surface area contributed by atoms with Crippen molar-refractivity contribution in [1.29, 1.82) is 0 Å². The number of halogens is 2. The largest absolute Gasteiger partial charge is 0.204 e. The summed E-state index contributed by atoms with van der Waals surface area (Å²) in [4.78, 5) is 0. The first-order valence-electron chi connectivity index (χ1n) is 9.44. The van der Waals surface area contributed by atoms with E-state index in [0.29, 0.717) is 16.7 Å². The third-order valence-corrected chi connectivity index (χ3v) is 4.80. The molecule has 0 aliphatic carbocycles. The summed E-state index contributed by atoms with van der Waals surface area (Å²) in [7, 11) is 0. The van der Waals surface area contributed by atoms with Gasteiger partial charge in [0, 0.05) is 5.56 Å². The highest BCUT2D eigenvalue weighted by atomic mass is 19.2. The van der Waals surface area contributed by atoms with Gasteiger partial charge in [-0.1, -0.05) is 73.2 Å². The fourth-order valence-electron chi connectivity index (χ4n) is 3.32. The molecule has 27 heavy (non-hydrogen) atoms. The van der Waals surface area contributed by atoms with Gasteiger partial charge >= 0.3 is 0 Å². The smallest absolute Gasteiger partial charge is 0.167 e. The highest BCUT2D eigenvalue weighted by Crippen LogP contribution is 2.35. The number of benzene rings is 3. The Hall–Kier alpha value is -2.74. The fourth-order valence-corrected chi connectivity index (χ4v) is 3.32. The zero-order valence-corrected chi connectivity index (χ0v) is 15.4. The lowest BCUT2D eigenvalue weighted by atomic mass is 9.93. The van der Waals surface area contributed by atoms with Gasteiger partial charge in [-0.2, -0.15) is 0 Å². The molecule has 0 bridgehead atoms. The average molecular weight is 362 g/mol. The Kier molecular flexibility index (Phi) is 6.54. The third kappa shape index (κ3) is 4.71. The molecule has 138 valence electrons. The maximum absolute atomic E-state index is 14.7. The minimum atomic E-state index is -0.823. The van der Waals surface area contributed by atoms with E-state index in [1.165, 1.54) is 18.1 Å². The van der Waals surface area contributed by atoms with Gasteiger partial charge in [0.25, 0.3) is 0 Å². The molecule has 0 aliphatic heterocycles. The van der Waals surface area contributed by atoms with E-state index in [1.807, 2.05) is 60.7 Å². The molecule has 0 spiro atoms. The van der Waals surface area contributed by atoms with Crippen molar-refractivity contribution in [3.05, 3.63) is 96.6 Å². The summed E-state index contributed by atoms with van der Waals surface area (Å²) in [5, 5.41) is 0. The van der Waals surface area contributed by atoms with Crippen molar-refractivity contribution in [3.8, 4) is 22.3 Å². The van der Waals surface area contributed by atoms with Crippen LogP contribution in [0.15, 0.2) is 79.4 Å². The van der Waals surface area contributed by atoms with Crippen LogP contribution >= 0.6 is 0 Å². The number of rotatable bonds is 8. The van der Waals surface area contributed by atoms with E-state index < -0.39 is 11.6 Å². The molecule has 0 atom stereocenters. The first-order chi connectivity index (χ1) is 13.2. The zero-order valence-electron chi connectivity index (χ0n) is 15.4.